The van der Waals surface area contributed by atoms with Gasteiger partial charge in [-0.25, -0.2) is 4.79 Å². The molecule has 4 rings (SSSR count). The van der Waals surface area contributed by atoms with Crippen molar-refractivity contribution in [3.05, 3.63) is 70.8 Å². The van der Waals surface area contributed by atoms with Crippen molar-refractivity contribution in [3.63, 3.8) is 0 Å². The lowest BCUT2D eigenvalue weighted by atomic mass is 10.1. The van der Waals surface area contributed by atoms with Crippen LogP contribution in [0.25, 0.3) is 10.4 Å². The molecule has 0 saturated carbocycles. The van der Waals surface area contributed by atoms with Gasteiger partial charge in [0.2, 0.25) is 0 Å². The molecule has 3 aromatic rings. The highest BCUT2D eigenvalue weighted by molar-refractivity contribution is 7.20. The van der Waals surface area contributed by atoms with Crippen LogP contribution in [-0.4, -0.2) is 25.1 Å². The number of hydrogen-bond acceptors (Lipinski definition) is 5. The summed E-state index contributed by atoms with van der Waals surface area (Å²) >= 11 is 1.41. The summed E-state index contributed by atoms with van der Waals surface area (Å²) in [6.45, 7) is 4.38. The van der Waals surface area contributed by atoms with Crippen molar-refractivity contribution in [1.82, 2.24) is 0 Å². The molecule has 0 fully saturated rings. The van der Waals surface area contributed by atoms with E-state index in [1.807, 2.05) is 31.2 Å². The lowest BCUT2D eigenvalue weighted by Gasteiger charge is -2.11. The molecule has 1 amide bonds. The van der Waals surface area contributed by atoms with Crippen LogP contribution in [0.3, 0.4) is 0 Å². The van der Waals surface area contributed by atoms with Crippen molar-refractivity contribution in [2.24, 2.45) is 0 Å². The Morgan fingerprint density at radius 2 is 1.79 bits per heavy atom. The Labute approximate surface area is 173 Å². The standard InChI is InChI=1S/C23H21NO4S/c1-3-27-18-12-8-7-11-16(18)21(25)24-22-19(23(26)28-4-2)17-13-14-9-5-6-10-15(14)20(17)29-22/h5-12H,3-4,13H2,1-2H3,(H,24,25). The minimum Gasteiger partial charge on any atom is -0.493 e. The van der Waals surface area contributed by atoms with E-state index in [2.05, 4.69) is 11.4 Å². The number of carbonyl (C=O) groups is 2. The summed E-state index contributed by atoms with van der Waals surface area (Å²) < 4.78 is 10.9. The fraction of sp³-hybridized carbons (Fsp3) is 0.217. The van der Waals surface area contributed by atoms with Gasteiger partial charge in [-0.05, 0) is 42.7 Å². The smallest absolute Gasteiger partial charge is 0.341 e. The van der Waals surface area contributed by atoms with Gasteiger partial charge in [0.25, 0.3) is 5.91 Å². The van der Waals surface area contributed by atoms with Crippen molar-refractivity contribution >= 4 is 28.2 Å². The number of fused-ring (bicyclic) bond motifs is 3. The molecule has 1 heterocycles. The van der Waals surface area contributed by atoms with Crippen LogP contribution in [0, 0.1) is 0 Å². The summed E-state index contributed by atoms with van der Waals surface area (Å²) in [6, 6.07) is 15.2. The molecular weight excluding hydrogens is 386 g/mol. The van der Waals surface area contributed by atoms with Crippen molar-refractivity contribution in [2.45, 2.75) is 20.3 Å². The molecule has 0 radical (unpaired) electrons. The van der Waals surface area contributed by atoms with Gasteiger partial charge in [-0.15, -0.1) is 11.3 Å². The lowest BCUT2D eigenvalue weighted by Crippen LogP contribution is -2.16. The van der Waals surface area contributed by atoms with Crippen molar-refractivity contribution < 1.29 is 19.1 Å². The van der Waals surface area contributed by atoms with Crippen molar-refractivity contribution in [2.75, 3.05) is 18.5 Å². The molecule has 6 heteroatoms. The van der Waals surface area contributed by atoms with E-state index in [0.29, 0.717) is 34.9 Å². The van der Waals surface area contributed by atoms with E-state index in [1.54, 1.807) is 25.1 Å². The molecule has 1 aliphatic carbocycles. The van der Waals surface area contributed by atoms with Gasteiger partial charge in [-0.1, -0.05) is 36.4 Å². The van der Waals surface area contributed by atoms with Crippen LogP contribution >= 0.6 is 11.3 Å². The third-order valence-corrected chi connectivity index (χ3v) is 5.96. The highest BCUT2D eigenvalue weighted by Gasteiger charge is 2.31. The maximum absolute atomic E-state index is 13.0. The van der Waals surface area contributed by atoms with Crippen LogP contribution in [0.2, 0.25) is 0 Å². The van der Waals surface area contributed by atoms with Gasteiger partial charge in [0.15, 0.2) is 0 Å². The molecule has 29 heavy (non-hydrogen) atoms. The van der Waals surface area contributed by atoms with Gasteiger partial charge < -0.3 is 14.8 Å². The number of nitrogens with one attached hydrogen (secondary N) is 1. The Morgan fingerprint density at radius 1 is 1.03 bits per heavy atom. The largest absolute Gasteiger partial charge is 0.493 e. The molecule has 0 aliphatic heterocycles. The number of amides is 1. The molecule has 1 N–H and O–H groups in total. The molecule has 0 saturated heterocycles. The average molecular weight is 407 g/mol. The summed E-state index contributed by atoms with van der Waals surface area (Å²) in [5.74, 6) is -0.210. The highest BCUT2D eigenvalue weighted by atomic mass is 32.1. The van der Waals surface area contributed by atoms with E-state index in [1.165, 1.54) is 16.9 Å². The lowest BCUT2D eigenvalue weighted by molar-refractivity contribution is 0.0527. The number of anilines is 1. The van der Waals surface area contributed by atoms with Gasteiger partial charge in [-0.2, -0.15) is 0 Å². The maximum atomic E-state index is 13.0. The number of carbonyl (C=O) groups excluding carboxylic acids is 2. The third-order valence-electron chi connectivity index (χ3n) is 4.77. The second kappa shape index (κ2) is 8.09. The minimum atomic E-state index is -0.411. The molecule has 0 bridgehead atoms. The molecule has 148 valence electrons. The van der Waals surface area contributed by atoms with Crippen molar-refractivity contribution in [1.29, 1.82) is 0 Å². The summed E-state index contributed by atoms with van der Waals surface area (Å²) in [4.78, 5) is 26.7. The van der Waals surface area contributed by atoms with Crippen LogP contribution in [0.4, 0.5) is 5.00 Å². The van der Waals surface area contributed by atoms with Gasteiger partial charge in [0.1, 0.15) is 10.8 Å². The SMILES string of the molecule is CCOC(=O)c1c(NC(=O)c2ccccc2OCC)sc2c1Cc1ccccc1-2. The zero-order chi connectivity index (χ0) is 20.4. The van der Waals surface area contributed by atoms with E-state index < -0.39 is 5.97 Å². The Balaban J connectivity index is 1.73. The predicted molar refractivity (Wildman–Crippen MR) is 114 cm³/mol. The van der Waals surface area contributed by atoms with Crippen LogP contribution in [0.5, 0.6) is 5.75 Å². The number of benzene rings is 2. The fourth-order valence-corrected chi connectivity index (χ4v) is 4.81. The third kappa shape index (κ3) is 3.51. The topological polar surface area (TPSA) is 64.6 Å². The Hall–Kier alpha value is -3.12. The zero-order valence-corrected chi connectivity index (χ0v) is 17.1. The second-order valence-electron chi connectivity index (χ2n) is 6.55. The first kappa shape index (κ1) is 19.2. The van der Waals surface area contributed by atoms with E-state index in [9.17, 15) is 9.59 Å². The van der Waals surface area contributed by atoms with Crippen LogP contribution in [-0.2, 0) is 11.2 Å². The minimum absolute atomic E-state index is 0.275. The van der Waals surface area contributed by atoms with E-state index in [4.69, 9.17) is 9.47 Å². The number of para-hydroxylation sites is 1. The first-order valence-electron chi connectivity index (χ1n) is 9.58. The summed E-state index contributed by atoms with van der Waals surface area (Å²) in [5.41, 5.74) is 4.08. The number of thiophene rings is 1. The molecule has 0 atom stereocenters. The van der Waals surface area contributed by atoms with E-state index in [0.717, 1.165) is 16.0 Å². The zero-order valence-electron chi connectivity index (χ0n) is 16.3. The molecule has 1 aliphatic rings. The van der Waals surface area contributed by atoms with Crippen LogP contribution in [0.15, 0.2) is 48.5 Å². The molecular formula is C23H21NO4S. The van der Waals surface area contributed by atoms with Gasteiger partial charge >= 0.3 is 5.97 Å². The first-order valence-corrected chi connectivity index (χ1v) is 10.4. The molecule has 2 aromatic carbocycles. The van der Waals surface area contributed by atoms with Gasteiger partial charge in [-0.3, -0.25) is 4.79 Å². The Kier molecular flexibility index (Phi) is 5.36. The Morgan fingerprint density at radius 3 is 2.59 bits per heavy atom. The fourth-order valence-electron chi connectivity index (χ4n) is 3.55. The van der Waals surface area contributed by atoms with Crippen LogP contribution in [0.1, 0.15) is 45.7 Å². The number of esters is 1. The molecule has 0 spiro atoms. The number of ether oxygens (including phenoxy) is 2. The number of rotatable bonds is 6. The van der Waals surface area contributed by atoms with Crippen molar-refractivity contribution in [3.8, 4) is 16.2 Å². The van der Waals surface area contributed by atoms with E-state index >= 15 is 0 Å². The monoisotopic (exact) mass is 407 g/mol. The normalized spacial score (nSPS) is 11.5. The first-order chi connectivity index (χ1) is 14.1. The van der Waals surface area contributed by atoms with E-state index in [-0.39, 0.29) is 12.5 Å². The summed E-state index contributed by atoms with van der Waals surface area (Å²) in [6.07, 6.45) is 0.654. The second-order valence-corrected chi connectivity index (χ2v) is 7.57. The average Bonchev–Trinajstić information content (AvgIpc) is 3.24. The number of hydrogen-bond donors (Lipinski definition) is 1. The molecule has 1 aromatic heterocycles. The molecule has 5 nitrogen and oxygen atoms in total. The quantitative estimate of drug-likeness (QED) is 0.449. The van der Waals surface area contributed by atoms with Gasteiger partial charge in [0.05, 0.1) is 24.3 Å². The van der Waals surface area contributed by atoms with Crippen LogP contribution < -0.4 is 10.1 Å². The maximum Gasteiger partial charge on any atom is 0.341 e. The van der Waals surface area contributed by atoms with Gasteiger partial charge in [0, 0.05) is 11.3 Å². The summed E-state index contributed by atoms with van der Waals surface area (Å²) in [7, 11) is 0. The predicted octanol–water partition coefficient (Wildman–Crippen LogP) is 5.15. The summed E-state index contributed by atoms with van der Waals surface area (Å²) in [5, 5.41) is 3.44. The Bertz CT molecular complexity index is 1090. The highest BCUT2D eigenvalue weighted by Crippen LogP contribution is 2.47. The molecule has 0 unspecified atom stereocenters.